The van der Waals surface area contributed by atoms with Crippen molar-refractivity contribution in [1.82, 2.24) is 0 Å². The number of benzene rings is 1. The van der Waals surface area contributed by atoms with Gasteiger partial charge in [-0.1, -0.05) is 18.2 Å². The molecular formula is C13H16N2O. The molecule has 84 valence electrons. The van der Waals surface area contributed by atoms with Crippen LogP contribution in [0.5, 0.6) is 0 Å². The molecule has 3 heteroatoms. The number of rotatable bonds is 2. The average molecular weight is 216 g/mol. The first-order valence-electron chi connectivity index (χ1n) is 5.80. The van der Waals surface area contributed by atoms with E-state index >= 15 is 0 Å². The van der Waals surface area contributed by atoms with Gasteiger partial charge in [0.2, 0.25) is 0 Å². The molecule has 1 atom stereocenters. The second kappa shape index (κ2) is 3.83. The van der Waals surface area contributed by atoms with E-state index in [1.54, 1.807) is 0 Å². The van der Waals surface area contributed by atoms with Crippen LogP contribution in [0.1, 0.15) is 6.42 Å². The van der Waals surface area contributed by atoms with E-state index in [9.17, 15) is 0 Å². The third-order valence-corrected chi connectivity index (χ3v) is 3.34. The van der Waals surface area contributed by atoms with Crippen molar-refractivity contribution in [2.24, 2.45) is 11.7 Å². The highest BCUT2D eigenvalue weighted by Gasteiger charge is 2.23. The van der Waals surface area contributed by atoms with Crippen LogP contribution in [0.2, 0.25) is 0 Å². The Hall–Kier alpha value is -1.48. The fourth-order valence-electron chi connectivity index (χ4n) is 2.35. The van der Waals surface area contributed by atoms with Crippen molar-refractivity contribution in [1.29, 1.82) is 0 Å². The molecule has 0 spiro atoms. The van der Waals surface area contributed by atoms with E-state index in [4.69, 9.17) is 10.2 Å². The normalized spacial score (nSPS) is 20.8. The summed E-state index contributed by atoms with van der Waals surface area (Å²) in [6.45, 7) is 2.86. The Morgan fingerprint density at radius 2 is 2.25 bits per heavy atom. The number of nitrogens with two attached hydrogens (primary N) is 1. The zero-order valence-corrected chi connectivity index (χ0v) is 9.23. The molecule has 1 saturated heterocycles. The monoisotopic (exact) mass is 216 g/mol. The minimum Gasteiger partial charge on any atom is -0.441 e. The molecule has 0 aliphatic carbocycles. The van der Waals surface area contributed by atoms with Crippen LogP contribution < -0.4 is 10.6 Å². The molecule has 0 radical (unpaired) electrons. The SMILES string of the molecule is NCC1CCN(c2cc3ccccc3o2)C1. The van der Waals surface area contributed by atoms with Crippen molar-refractivity contribution in [3.8, 4) is 0 Å². The topological polar surface area (TPSA) is 42.4 Å². The summed E-state index contributed by atoms with van der Waals surface area (Å²) < 4.78 is 5.83. The number of fused-ring (bicyclic) bond motifs is 1. The van der Waals surface area contributed by atoms with E-state index in [1.165, 1.54) is 11.8 Å². The van der Waals surface area contributed by atoms with E-state index in [0.29, 0.717) is 5.92 Å². The molecule has 3 rings (SSSR count). The smallest absolute Gasteiger partial charge is 0.196 e. The number of furan rings is 1. The molecule has 0 saturated carbocycles. The van der Waals surface area contributed by atoms with E-state index in [1.807, 2.05) is 18.2 Å². The molecule has 0 amide bonds. The summed E-state index contributed by atoms with van der Waals surface area (Å²) in [5.41, 5.74) is 6.66. The Morgan fingerprint density at radius 3 is 3.00 bits per heavy atom. The zero-order valence-electron chi connectivity index (χ0n) is 9.23. The molecule has 2 aromatic rings. The van der Waals surface area contributed by atoms with Crippen molar-refractivity contribution in [3.05, 3.63) is 30.3 Å². The number of anilines is 1. The highest BCUT2D eigenvalue weighted by molar-refractivity contribution is 5.80. The van der Waals surface area contributed by atoms with Gasteiger partial charge in [0.25, 0.3) is 0 Å². The summed E-state index contributed by atoms with van der Waals surface area (Å²) in [6.07, 6.45) is 1.17. The predicted molar refractivity (Wildman–Crippen MR) is 65.6 cm³/mol. The first kappa shape index (κ1) is 9.73. The summed E-state index contributed by atoms with van der Waals surface area (Å²) in [4.78, 5) is 2.29. The second-order valence-corrected chi connectivity index (χ2v) is 4.46. The largest absolute Gasteiger partial charge is 0.441 e. The lowest BCUT2D eigenvalue weighted by molar-refractivity contribution is 0.578. The molecule has 1 unspecified atom stereocenters. The lowest BCUT2D eigenvalue weighted by Crippen LogP contribution is -2.22. The average Bonchev–Trinajstić information content (AvgIpc) is 2.95. The van der Waals surface area contributed by atoms with Crippen LogP contribution >= 0.6 is 0 Å². The van der Waals surface area contributed by atoms with Crippen molar-refractivity contribution in [2.75, 3.05) is 24.5 Å². The van der Waals surface area contributed by atoms with Gasteiger partial charge in [-0.2, -0.15) is 0 Å². The van der Waals surface area contributed by atoms with Gasteiger partial charge in [-0.05, 0) is 24.9 Å². The molecule has 1 aliphatic heterocycles. The lowest BCUT2D eigenvalue weighted by Gasteiger charge is -2.13. The van der Waals surface area contributed by atoms with Crippen LogP contribution in [0.3, 0.4) is 0 Å². The molecular weight excluding hydrogens is 200 g/mol. The quantitative estimate of drug-likeness (QED) is 0.837. The minimum atomic E-state index is 0.619. The molecule has 1 aromatic carbocycles. The number of nitrogens with zero attached hydrogens (tertiary/aromatic N) is 1. The Kier molecular flexibility index (Phi) is 2.33. The molecule has 3 nitrogen and oxygen atoms in total. The van der Waals surface area contributed by atoms with Crippen LogP contribution in [-0.2, 0) is 0 Å². The molecule has 1 fully saturated rings. The van der Waals surface area contributed by atoms with Gasteiger partial charge in [-0.3, -0.25) is 0 Å². The minimum absolute atomic E-state index is 0.619. The van der Waals surface area contributed by atoms with E-state index in [2.05, 4.69) is 17.0 Å². The Morgan fingerprint density at radius 1 is 1.38 bits per heavy atom. The standard InChI is InChI=1S/C13H16N2O/c14-8-10-5-6-15(9-10)13-7-11-3-1-2-4-12(11)16-13/h1-4,7,10H,5-6,8-9,14H2. The van der Waals surface area contributed by atoms with Crippen molar-refractivity contribution < 1.29 is 4.42 Å². The molecule has 0 bridgehead atoms. The molecule has 1 aliphatic rings. The number of hydrogen-bond acceptors (Lipinski definition) is 3. The fourth-order valence-corrected chi connectivity index (χ4v) is 2.35. The predicted octanol–water partition coefficient (Wildman–Crippen LogP) is 2.22. The third-order valence-electron chi connectivity index (χ3n) is 3.34. The van der Waals surface area contributed by atoms with Gasteiger partial charge in [-0.15, -0.1) is 0 Å². The molecule has 1 aromatic heterocycles. The second-order valence-electron chi connectivity index (χ2n) is 4.46. The van der Waals surface area contributed by atoms with Crippen LogP contribution in [0.25, 0.3) is 11.0 Å². The van der Waals surface area contributed by atoms with E-state index in [-0.39, 0.29) is 0 Å². The number of para-hydroxylation sites is 1. The fraction of sp³-hybridized carbons (Fsp3) is 0.385. The summed E-state index contributed by atoms with van der Waals surface area (Å²) >= 11 is 0. The van der Waals surface area contributed by atoms with Crippen molar-refractivity contribution in [3.63, 3.8) is 0 Å². The van der Waals surface area contributed by atoms with Gasteiger partial charge < -0.3 is 15.1 Å². The maximum absolute atomic E-state index is 5.83. The Labute approximate surface area is 94.8 Å². The van der Waals surface area contributed by atoms with Gasteiger partial charge in [0.1, 0.15) is 5.58 Å². The van der Waals surface area contributed by atoms with Gasteiger partial charge >= 0.3 is 0 Å². The highest BCUT2D eigenvalue weighted by Crippen LogP contribution is 2.29. The molecule has 2 N–H and O–H groups in total. The number of hydrogen-bond donors (Lipinski definition) is 1. The van der Waals surface area contributed by atoms with Crippen LogP contribution in [0.15, 0.2) is 34.7 Å². The van der Waals surface area contributed by atoms with Crippen molar-refractivity contribution in [2.45, 2.75) is 6.42 Å². The first-order chi connectivity index (χ1) is 7.86. The first-order valence-corrected chi connectivity index (χ1v) is 5.80. The summed E-state index contributed by atoms with van der Waals surface area (Å²) in [5, 5.41) is 1.17. The van der Waals surface area contributed by atoms with E-state index < -0.39 is 0 Å². The lowest BCUT2D eigenvalue weighted by atomic mass is 10.1. The maximum atomic E-state index is 5.83. The van der Waals surface area contributed by atoms with E-state index in [0.717, 1.165) is 31.1 Å². The molecule has 2 heterocycles. The summed E-state index contributed by atoms with van der Waals surface area (Å²) in [5.74, 6) is 1.60. The van der Waals surface area contributed by atoms with Crippen molar-refractivity contribution >= 4 is 16.9 Å². The Bertz CT molecular complexity index is 458. The highest BCUT2D eigenvalue weighted by atomic mass is 16.4. The Balaban J connectivity index is 1.89. The van der Waals surface area contributed by atoms with Crippen LogP contribution in [-0.4, -0.2) is 19.6 Å². The van der Waals surface area contributed by atoms with Gasteiger partial charge in [0.05, 0.1) is 0 Å². The summed E-state index contributed by atoms with van der Waals surface area (Å²) in [6, 6.07) is 10.2. The van der Waals surface area contributed by atoms with Crippen LogP contribution in [0, 0.1) is 5.92 Å². The van der Waals surface area contributed by atoms with Crippen LogP contribution in [0.4, 0.5) is 5.88 Å². The van der Waals surface area contributed by atoms with Gasteiger partial charge in [0, 0.05) is 24.5 Å². The van der Waals surface area contributed by atoms with Gasteiger partial charge in [-0.25, -0.2) is 0 Å². The maximum Gasteiger partial charge on any atom is 0.196 e. The zero-order chi connectivity index (χ0) is 11.0. The van der Waals surface area contributed by atoms with Gasteiger partial charge in [0.15, 0.2) is 5.88 Å². The molecule has 16 heavy (non-hydrogen) atoms. The third kappa shape index (κ3) is 1.57. The summed E-state index contributed by atoms with van der Waals surface area (Å²) in [7, 11) is 0.